The van der Waals surface area contributed by atoms with Crippen molar-refractivity contribution >= 4 is 5.82 Å². The third-order valence-electron chi connectivity index (χ3n) is 3.02. The number of anilines is 1. The molecular formula is C11H18N4. The van der Waals surface area contributed by atoms with Crippen LogP contribution in [0.2, 0.25) is 0 Å². The van der Waals surface area contributed by atoms with Crippen LogP contribution < -0.4 is 11.1 Å². The molecule has 2 rings (SSSR count). The van der Waals surface area contributed by atoms with E-state index in [2.05, 4.69) is 28.2 Å². The maximum absolute atomic E-state index is 5.87. The van der Waals surface area contributed by atoms with Gasteiger partial charge in [0.25, 0.3) is 0 Å². The zero-order valence-electron chi connectivity index (χ0n) is 9.11. The second-order valence-corrected chi connectivity index (χ2v) is 3.94. The molecule has 4 heteroatoms. The standard InChI is InChI=1S/C11H18N4/c1-9(15-7-5-13-6-8-15)10-3-2-4-14-11(10)12/h2-4,9,13H,5-8H2,1H3,(H2,12,14)/t9-/m0/s1. The molecule has 15 heavy (non-hydrogen) atoms. The number of piperazine rings is 1. The molecule has 4 nitrogen and oxygen atoms in total. The lowest BCUT2D eigenvalue weighted by atomic mass is 10.1. The third kappa shape index (κ3) is 2.27. The minimum absolute atomic E-state index is 0.362. The van der Waals surface area contributed by atoms with Crippen LogP contribution in [-0.2, 0) is 0 Å². The van der Waals surface area contributed by atoms with Crippen LogP contribution in [0.1, 0.15) is 18.5 Å². The van der Waals surface area contributed by atoms with Crippen LogP contribution in [0.5, 0.6) is 0 Å². The van der Waals surface area contributed by atoms with Gasteiger partial charge in [-0.3, -0.25) is 4.90 Å². The van der Waals surface area contributed by atoms with Gasteiger partial charge in [-0.25, -0.2) is 4.98 Å². The fourth-order valence-corrected chi connectivity index (χ4v) is 2.05. The van der Waals surface area contributed by atoms with Crippen molar-refractivity contribution in [3.63, 3.8) is 0 Å². The smallest absolute Gasteiger partial charge is 0.128 e. The summed E-state index contributed by atoms with van der Waals surface area (Å²) in [6.45, 7) is 6.47. The van der Waals surface area contributed by atoms with Gasteiger partial charge in [0.2, 0.25) is 0 Å². The summed E-state index contributed by atoms with van der Waals surface area (Å²) in [6.07, 6.45) is 1.74. The molecular weight excluding hydrogens is 188 g/mol. The number of pyridine rings is 1. The van der Waals surface area contributed by atoms with Crippen LogP contribution in [0, 0.1) is 0 Å². The van der Waals surface area contributed by atoms with Gasteiger partial charge in [-0.15, -0.1) is 0 Å². The van der Waals surface area contributed by atoms with E-state index in [0.717, 1.165) is 31.7 Å². The monoisotopic (exact) mass is 206 g/mol. The lowest BCUT2D eigenvalue weighted by Crippen LogP contribution is -2.44. The van der Waals surface area contributed by atoms with Crippen molar-refractivity contribution in [1.82, 2.24) is 15.2 Å². The summed E-state index contributed by atoms with van der Waals surface area (Å²) in [5.41, 5.74) is 7.01. The first kappa shape index (κ1) is 10.4. The molecule has 82 valence electrons. The van der Waals surface area contributed by atoms with Gasteiger partial charge in [0.15, 0.2) is 0 Å². The largest absolute Gasteiger partial charge is 0.383 e. The SMILES string of the molecule is C[C@@H](c1cccnc1N)N1CCNCC1. The molecule has 1 aliphatic heterocycles. The maximum atomic E-state index is 5.87. The molecule has 1 atom stereocenters. The molecule has 3 N–H and O–H groups in total. The number of aromatic nitrogens is 1. The molecule has 2 heterocycles. The lowest BCUT2D eigenvalue weighted by molar-refractivity contribution is 0.186. The number of nitrogen functional groups attached to an aromatic ring is 1. The Balaban J connectivity index is 2.12. The average molecular weight is 206 g/mol. The number of nitrogens with two attached hydrogens (primary N) is 1. The minimum Gasteiger partial charge on any atom is -0.383 e. The van der Waals surface area contributed by atoms with Crippen molar-refractivity contribution in [1.29, 1.82) is 0 Å². The van der Waals surface area contributed by atoms with Gasteiger partial charge >= 0.3 is 0 Å². The van der Waals surface area contributed by atoms with E-state index < -0.39 is 0 Å². The van der Waals surface area contributed by atoms with Crippen LogP contribution in [0.3, 0.4) is 0 Å². The highest BCUT2D eigenvalue weighted by atomic mass is 15.2. The second kappa shape index (κ2) is 4.59. The zero-order valence-corrected chi connectivity index (χ0v) is 9.11. The third-order valence-corrected chi connectivity index (χ3v) is 3.02. The number of hydrogen-bond acceptors (Lipinski definition) is 4. The predicted molar refractivity (Wildman–Crippen MR) is 61.5 cm³/mol. The first-order chi connectivity index (χ1) is 7.29. The van der Waals surface area contributed by atoms with Crippen molar-refractivity contribution in [2.75, 3.05) is 31.9 Å². The van der Waals surface area contributed by atoms with E-state index in [1.807, 2.05) is 6.07 Å². The van der Waals surface area contributed by atoms with Gasteiger partial charge in [-0.2, -0.15) is 0 Å². The summed E-state index contributed by atoms with van der Waals surface area (Å²) in [5.74, 6) is 0.656. The first-order valence-corrected chi connectivity index (χ1v) is 5.44. The van der Waals surface area contributed by atoms with E-state index in [9.17, 15) is 0 Å². The van der Waals surface area contributed by atoms with E-state index in [0.29, 0.717) is 11.9 Å². The summed E-state index contributed by atoms with van der Waals surface area (Å²) in [7, 11) is 0. The Morgan fingerprint density at radius 2 is 2.20 bits per heavy atom. The predicted octanol–water partition coefficient (Wildman–Crippen LogP) is 0.630. The molecule has 0 unspecified atom stereocenters. The molecule has 1 aliphatic rings. The molecule has 1 aromatic heterocycles. The lowest BCUT2D eigenvalue weighted by Gasteiger charge is -2.33. The summed E-state index contributed by atoms with van der Waals surface area (Å²) in [4.78, 5) is 6.56. The maximum Gasteiger partial charge on any atom is 0.128 e. The number of nitrogens with one attached hydrogen (secondary N) is 1. The fourth-order valence-electron chi connectivity index (χ4n) is 2.05. The van der Waals surface area contributed by atoms with Crippen LogP contribution in [-0.4, -0.2) is 36.1 Å². The topological polar surface area (TPSA) is 54.2 Å². The Kier molecular flexibility index (Phi) is 3.18. The van der Waals surface area contributed by atoms with Crippen LogP contribution in [0.4, 0.5) is 5.82 Å². The summed E-state index contributed by atoms with van der Waals surface area (Å²) in [6, 6.07) is 4.38. The molecule has 1 saturated heterocycles. The normalized spacial score (nSPS) is 20.1. The zero-order chi connectivity index (χ0) is 10.7. The van der Waals surface area contributed by atoms with Crippen molar-refractivity contribution in [3.8, 4) is 0 Å². The minimum atomic E-state index is 0.362. The molecule has 0 bridgehead atoms. The highest BCUT2D eigenvalue weighted by Crippen LogP contribution is 2.23. The molecule has 0 amide bonds. The fraction of sp³-hybridized carbons (Fsp3) is 0.545. The van der Waals surface area contributed by atoms with E-state index in [1.54, 1.807) is 6.20 Å². The van der Waals surface area contributed by atoms with Crippen molar-refractivity contribution in [3.05, 3.63) is 23.9 Å². The Morgan fingerprint density at radius 3 is 2.87 bits per heavy atom. The quantitative estimate of drug-likeness (QED) is 0.745. The van der Waals surface area contributed by atoms with Crippen molar-refractivity contribution in [2.24, 2.45) is 0 Å². The van der Waals surface area contributed by atoms with E-state index in [4.69, 9.17) is 5.73 Å². The van der Waals surface area contributed by atoms with Gasteiger partial charge in [0, 0.05) is 44.0 Å². The molecule has 1 fully saturated rings. The molecule has 0 aliphatic carbocycles. The summed E-state index contributed by atoms with van der Waals surface area (Å²) >= 11 is 0. The van der Waals surface area contributed by atoms with Gasteiger partial charge in [0.1, 0.15) is 5.82 Å². The Morgan fingerprint density at radius 1 is 1.47 bits per heavy atom. The van der Waals surface area contributed by atoms with Gasteiger partial charge < -0.3 is 11.1 Å². The highest BCUT2D eigenvalue weighted by molar-refractivity contribution is 5.40. The summed E-state index contributed by atoms with van der Waals surface area (Å²) in [5, 5.41) is 3.35. The van der Waals surface area contributed by atoms with Gasteiger partial charge in [0.05, 0.1) is 0 Å². The Bertz CT molecular complexity index is 320. The van der Waals surface area contributed by atoms with E-state index >= 15 is 0 Å². The second-order valence-electron chi connectivity index (χ2n) is 3.94. The van der Waals surface area contributed by atoms with E-state index in [1.165, 1.54) is 0 Å². The van der Waals surface area contributed by atoms with Gasteiger partial charge in [-0.05, 0) is 13.0 Å². The average Bonchev–Trinajstić information content (AvgIpc) is 2.30. The van der Waals surface area contributed by atoms with Crippen LogP contribution >= 0.6 is 0 Å². The molecule has 0 radical (unpaired) electrons. The van der Waals surface area contributed by atoms with Gasteiger partial charge in [-0.1, -0.05) is 6.07 Å². The number of rotatable bonds is 2. The summed E-state index contributed by atoms with van der Waals surface area (Å²) < 4.78 is 0. The molecule has 0 spiro atoms. The number of hydrogen-bond donors (Lipinski definition) is 2. The molecule has 0 saturated carbocycles. The first-order valence-electron chi connectivity index (χ1n) is 5.44. The highest BCUT2D eigenvalue weighted by Gasteiger charge is 2.19. The van der Waals surface area contributed by atoms with Crippen LogP contribution in [0.25, 0.3) is 0 Å². The van der Waals surface area contributed by atoms with Crippen molar-refractivity contribution in [2.45, 2.75) is 13.0 Å². The molecule has 1 aromatic rings. The Labute approximate surface area is 90.5 Å². The van der Waals surface area contributed by atoms with Crippen LogP contribution in [0.15, 0.2) is 18.3 Å². The Hall–Kier alpha value is -1.13. The van der Waals surface area contributed by atoms with Crippen molar-refractivity contribution < 1.29 is 0 Å². The molecule has 0 aromatic carbocycles. The number of nitrogens with zero attached hydrogens (tertiary/aromatic N) is 2. The van der Waals surface area contributed by atoms with E-state index in [-0.39, 0.29) is 0 Å².